The maximum Gasteiger partial charge on any atom is 0.306 e. The van der Waals surface area contributed by atoms with Gasteiger partial charge in [0.2, 0.25) is 0 Å². The zero-order valence-electron chi connectivity index (χ0n) is 37.0. The molecule has 0 N–H and O–H groups in total. The first-order valence-electron chi connectivity index (χ1n) is 23.7. The van der Waals surface area contributed by atoms with Crippen LogP contribution in [-0.2, 0) is 28.6 Å². The Morgan fingerprint density at radius 3 is 0.963 bits per heavy atom. The van der Waals surface area contributed by atoms with E-state index in [1.54, 1.807) is 0 Å². The summed E-state index contributed by atoms with van der Waals surface area (Å²) in [6, 6.07) is 0. The Labute approximate surface area is 336 Å². The van der Waals surface area contributed by atoms with Gasteiger partial charge in [0.25, 0.3) is 0 Å². The van der Waals surface area contributed by atoms with Crippen molar-refractivity contribution in [3.8, 4) is 0 Å². The van der Waals surface area contributed by atoms with Crippen molar-refractivity contribution < 1.29 is 28.6 Å². The van der Waals surface area contributed by atoms with Crippen LogP contribution in [0.4, 0.5) is 0 Å². The largest absolute Gasteiger partial charge is 0.462 e. The molecule has 0 saturated heterocycles. The number of unbranched alkanes of at least 4 members (excludes halogenated alkanes) is 22. The van der Waals surface area contributed by atoms with Crippen molar-refractivity contribution >= 4 is 17.9 Å². The van der Waals surface area contributed by atoms with Crippen LogP contribution in [0.3, 0.4) is 0 Å². The third-order valence-corrected chi connectivity index (χ3v) is 11.4. The molecule has 0 heterocycles. The summed E-state index contributed by atoms with van der Waals surface area (Å²) in [6.45, 7) is 13.7. The van der Waals surface area contributed by atoms with E-state index in [2.05, 4.69) is 41.5 Å². The van der Waals surface area contributed by atoms with E-state index in [0.717, 1.165) is 75.5 Å². The molecule has 0 spiro atoms. The van der Waals surface area contributed by atoms with Crippen molar-refractivity contribution in [2.24, 2.45) is 17.8 Å². The second-order valence-electron chi connectivity index (χ2n) is 17.4. The summed E-state index contributed by atoms with van der Waals surface area (Å²) in [6.07, 6.45) is 36.6. The molecule has 2 unspecified atom stereocenters. The monoisotopic (exact) mass is 765 g/mol. The molecule has 0 aromatic heterocycles. The van der Waals surface area contributed by atoms with Crippen molar-refractivity contribution in [1.29, 1.82) is 0 Å². The lowest BCUT2D eigenvalue weighted by atomic mass is 9.99. The Hall–Kier alpha value is -1.59. The number of hydrogen-bond donors (Lipinski definition) is 0. The van der Waals surface area contributed by atoms with Crippen LogP contribution in [0.15, 0.2) is 0 Å². The Bertz CT molecular complexity index is 841. The molecule has 6 nitrogen and oxygen atoms in total. The highest BCUT2D eigenvalue weighted by Crippen LogP contribution is 2.18. The van der Waals surface area contributed by atoms with E-state index in [4.69, 9.17) is 14.2 Å². The Morgan fingerprint density at radius 1 is 0.370 bits per heavy atom. The van der Waals surface area contributed by atoms with Crippen LogP contribution in [0, 0.1) is 17.8 Å². The highest BCUT2D eigenvalue weighted by molar-refractivity contribution is 5.71. The zero-order chi connectivity index (χ0) is 39.9. The predicted molar refractivity (Wildman–Crippen MR) is 229 cm³/mol. The Kier molecular flexibility index (Phi) is 38.5. The van der Waals surface area contributed by atoms with Crippen molar-refractivity contribution in [1.82, 2.24) is 0 Å². The van der Waals surface area contributed by atoms with E-state index >= 15 is 0 Å². The van der Waals surface area contributed by atoms with E-state index in [-0.39, 0.29) is 31.1 Å². The minimum atomic E-state index is -0.762. The van der Waals surface area contributed by atoms with Gasteiger partial charge in [0.15, 0.2) is 6.10 Å². The van der Waals surface area contributed by atoms with Gasteiger partial charge in [-0.15, -0.1) is 0 Å². The normalized spacial score (nSPS) is 13.2. The van der Waals surface area contributed by atoms with E-state index in [1.807, 2.05) is 0 Å². The first kappa shape index (κ1) is 52.4. The van der Waals surface area contributed by atoms with Gasteiger partial charge in [-0.2, -0.15) is 0 Å². The van der Waals surface area contributed by atoms with Crippen LogP contribution in [0.5, 0.6) is 0 Å². The molecule has 0 aromatic rings. The first-order valence-corrected chi connectivity index (χ1v) is 23.7. The highest BCUT2D eigenvalue weighted by atomic mass is 16.6. The van der Waals surface area contributed by atoms with Crippen LogP contribution >= 0.6 is 0 Å². The molecule has 0 rings (SSSR count). The summed E-state index contributed by atoms with van der Waals surface area (Å²) in [7, 11) is 0. The van der Waals surface area contributed by atoms with E-state index < -0.39 is 6.10 Å². The fraction of sp³-hybridized carbons (Fsp3) is 0.938. The van der Waals surface area contributed by atoms with Crippen molar-refractivity contribution in [3.63, 3.8) is 0 Å². The average molecular weight is 765 g/mol. The van der Waals surface area contributed by atoms with Gasteiger partial charge in [-0.05, 0) is 37.0 Å². The number of rotatable bonds is 41. The van der Waals surface area contributed by atoms with Gasteiger partial charge in [-0.1, -0.05) is 215 Å². The minimum Gasteiger partial charge on any atom is -0.462 e. The lowest BCUT2D eigenvalue weighted by molar-refractivity contribution is -0.167. The molecular formula is C48H92O6. The average Bonchev–Trinajstić information content (AvgIpc) is 3.15. The fourth-order valence-corrected chi connectivity index (χ4v) is 6.99. The molecule has 0 aliphatic rings. The molecule has 0 fully saturated rings. The van der Waals surface area contributed by atoms with Crippen LogP contribution in [0.25, 0.3) is 0 Å². The predicted octanol–water partition coefficient (Wildman–Crippen LogP) is 14.8. The summed E-state index contributed by atoms with van der Waals surface area (Å²) in [5, 5.41) is 0. The van der Waals surface area contributed by atoms with Gasteiger partial charge in [-0.25, -0.2) is 0 Å². The molecule has 0 aromatic carbocycles. The maximum absolute atomic E-state index is 12.7. The van der Waals surface area contributed by atoms with Crippen LogP contribution in [0.1, 0.15) is 253 Å². The number of ether oxygens (including phenoxy) is 3. The van der Waals surface area contributed by atoms with Gasteiger partial charge < -0.3 is 14.2 Å². The zero-order valence-corrected chi connectivity index (χ0v) is 37.0. The third-order valence-electron chi connectivity index (χ3n) is 11.4. The smallest absolute Gasteiger partial charge is 0.306 e. The second kappa shape index (κ2) is 39.6. The summed E-state index contributed by atoms with van der Waals surface area (Å²) < 4.78 is 16.7. The Balaban J connectivity index is 4.36. The molecule has 320 valence electrons. The molecule has 0 amide bonds. The molecule has 0 bridgehead atoms. The topological polar surface area (TPSA) is 78.9 Å². The van der Waals surface area contributed by atoms with Gasteiger partial charge in [0.1, 0.15) is 13.2 Å². The molecule has 3 atom stereocenters. The second-order valence-corrected chi connectivity index (χ2v) is 17.4. The maximum atomic E-state index is 12.7. The van der Waals surface area contributed by atoms with Gasteiger partial charge in [0.05, 0.1) is 0 Å². The molecule has 0 aliphatic carbocycles. The molecule has 0 radical (unpaired) electrons. The number of hydrogen-bond acceptors (Lipinski definition) is 6. The fourth-order valence-electron chi connectivity index (χ4n) is 6.99. The lowest BCUT2D eigenvalue weighted by Gasteiger charge is -2.18. The first-order chi connectivity index (χ1) is 26.2. The highest BCUT2D eigenvalue weighted by Gasteiger charge is 2.19. The van der Waals surface area contributed by atoms with Crippen molar-refractivity contribution in [3.05, 3.63) is 0 Å². The summed E-state index contributed by atoms with van der Waals surface area (Å²) >= 11 is 0. The molecule has 0 aliphatic heterocycles. The van der Waals surface area contributed by atoms with Gasteiger partial charge in [-0.3, -0.25) is 14.4 Å². The quantitative estimate of drug-likeness (QED) is 0.0350. The third kappa shape index (κ3) is 38.7. The van der Waals surface area contributed by atoms with Crippen molar-refractivity contribution in [2.75, 3.05) is 13.2 Å². The number of esters is 3. The summed E-state index contributed by atoms with van der Waals surface area (Å²) in [4.78, 5) is 37.8. The molecular weight excluding hydrogens is 673 g/mol. The van der Waals surface area contributed by atoms with Crippen molar-refractivity contribution in [2.45, 2.75) is 260 Å². The SMILES string of the molecule is CCC(C)CCCCCCCCCCC(=O)OC[C@@H](COC(=O)CCCCCCCCC(C)CC)OC(=O)CCCCCCCCCCCCCC(C)C. The van der Waals surface area contributed by atoms with Crippen LogP contribution in [0.2, 0.25) is 0 Å². The minimum absolute atomic E-state index is 0.0666. The van der Waals surface area contributed by atoms with E-state index in [1.165, 1.54) is 135 Å². The van der Waals surface area contributed by atoms with Crippen LogP contribution < -0.4 is 0 Å². The molecule has 6 heteroatoms. The summed E-state index contributed by atoms with van der Waals surface area (Å²) in [5.41, 5.74) is 0. The summed E-state index contributed by atoms with van der Waals surface area (Å²) in [5.74, 6) is 1.62. The van der Waals surface area contributed by atoms with E-state index in [0.29, 0.717) is 19.3 Å². The van der Waals surface area contributed by atoms with E-state index in [9.17, 15) is 14.4 Å². The van der Waals surface area contributed by atoms with Gasteiger partial charge >= 0.3 is 17.9 Å². The number of carbonyl (C=O) groups is 3. The standard InChI is InChI=1S/C48H92O6/c1-7-43(5)35-29-23-17-14-15-18-25-31-37-46(49)52-40-45(41-53-47(50)38-32-26-21-20-24-30-36-44(6)8-2)54-48(51)39-33-27-19-13-11-9-10-12-16-22-28-34-42(3)4/h42-45H,7-41H2,1-6H3/t43?,44?,45-/m0/s1. The van der Waals surface area contributed by atoms with Gasteiger partial charge in [0, 0.05) is 19.3 Å². The van der Waals surface area contributed by atoms with Crippen LogP contribution in [-0.4, -0.2) is 37.2 Å². The molecule has 54 heavy (non-hydrogen) atoms. The number of carbonyl (C=O) groups excluding carboxylic acids is 3. The molecule has 0 saturated carbocycles. The Morgan fingerprint density at radius 2 is 0.648 bits per heavy atom. The lowest BCUT2D eigenvalue weighted by Crippen LogP contribution is -2.30.